The van der Waals surface area contributed by atoms with E-state index in [1.165, 1.54) is 11.8 Å². The van der Waals surface area contributed by atoms with Crippen molar-refractivity contribution in [2.75, 3.05) is 5.32 Å². The molecule has 1 saturated carbocycles. The van der Waals surface area contributed by atoms with Crippen LogP contribution in [-0.2, 0) is 4.79 Å². The fraction of sp³-hybridized carbons (Fsp3) is 0.474. The van der Waals surface area contributed by atoms with Gasteiger partial charge in [-0.15, -0.1) is 10.2 Å². The van der Waals surface area contributed by atoms with Crippen LogP contribution in [0, 0.1) is 12.8 Å². The number of benzene rings is 1. The van der Waals surface area contributed by atoms with Gasteiger partial charge in [0, 0.05) is 23.2 Å². The number of Topliss-reactive ketones (excluding diaryl/α,β-unsaturated/α-hetero) is 1. The van der Waals surface area contributed by atoms with Crippen molar-refractivity contribution < 1.29 is 9.59 Å². The van der Waals surface area contributed by atoms with Gasteiger partial charge >= 0.3 is 0 Å². The van der Waals surface area contributed by atoms with Gasteiger partial charge in [0.05, 0.1) is 5.25 Å². The molecule has 1 N–H and O–H groups in total. The average Bonchev–Trinajstić information content (AvgIpc) is 3.38. The molecule has 0 aliphatic heterocycles. The van der Waals surface area contributed by atoms with Crippen molar-refractivity contribution in [2.24, 2.45) is 5.92 Å². The molecule has 6 nitrogen and oxygen atoms in total. The molecule has 1 aliphatic rings. The van der Waals surface area contributed by atoms with E-state index in [2.05, 4.69) is 20.1 Å². The number of aryl methyl sites for hydroxylation is 1. The maximum atomic E-state index is 12.7. The fourth-order valence-corrected chi connectivity index (χ4v) is 3.68. The second-order valence-electron chi connectivity index (χ2n) is 6.98. The third-order valence-electron chi connectivity index (χ3n) is 4.36. The predicted octanol–water partition coefficient (Wildman–Crippen LogP) is 3.88. The molecule has 0 spiro atoms. The Morgan fingerprint density at radius 2 is 1.81 bits per heavy atom. The van der Waals surface area contributed by atoms with E-state index in [0.29, 0.717) is 17.3 Å². The zero-order valence-corrected chi connectivity index (χ0v) is 16.3. The first-order valence-corrected chi connectivity index (χ1v) is 9.78. The van der Waals surface area contributed by atoms with Crippen LogP contribution in [0.5, 0.6) is 0 Å². The molecule has 1 heterocycles. The van der Waals surface area contributed by atoms with Crippen LogP contribution in [0.1, 0.15) is 55.8 Å². The van der Waals surface area contributed by atoms with Crippen molar-refractivity contribution in [3.63, 3.8) is 0 Å². The van der Waals surface area contributed by atoms with Crippen molar-refractivity contribution in [2.45, 2.75) is 57.0 Å². The third-order valence-corrected chi connectivity index (χ3v) is 5.42. The smallest absolute Gasteiger partial charge is 0.226 e. The van der Waals surface area contributed by atoms with Gasteiger partial charge in [0.25, 0.3) is 0 Å². The second-order valence-corrected chi connectivity index (χ2v) is 8.28. The number of carbonyl (C=O) groups excluding carboxylic acids is 2. The topological polar surface area (TPSA) is 76.9 Å². The normalized spacial score (nSPS) is 15.1. The van der Waals surface area contributed by atoms with E-state index >= 15 is 0 Å². The molecule has 0 unspecified atom stereocenters. The number of rotatable bonds is 7. The standard InChI is InChI=1S/C19H24N4O2S/c1-11(2)18(25)20-15-7-5-14(6-8-15)17(24)12(3)26-19-22-21-13(4)23(19)16-9-10-16/h5-8,11-12,16H,9-10H2,1-4H3,(H,20,25)/t12-/m0/s1. The minimum Gasteiger partial charge on any atom is -0.326 e. The second kappa shape index (κ2) is 7.61. The van der Waals surface area contributed by atoms with Crippen LogP contribution in [0.25, 0.3) is 0 Å². The van der Waals surface area contributed by atoms with Gasteiger partial charge in [-0.3, -0.25) is 9.59 Å². The molecule has 0 radical (unpaired) electrons. The molecule has 1 fully saturated rings. The number of hydrogen-bond donors (Lipinski definition) is 1. The average molecular weight is 372 g/mol. The number of anilines is 1. The number of aromatic nitrogens is 3. The highest BCUT2D eigenvalue weighted by molar-refractivity contribution is 8.00. The zero-order valence-electron chi connectivity index (χ0n) is 15.5. The van der Waals surface area contributed by atoms with Crippen LogP contribution in [0.15, 0.2) is 29.4 Å². The number of nitrogens with one attached hydrogen (secondary N) is 1. The summed E-state index contributed by atoms with van der Waals surface area (Å²) in [6.45, 7) is 7.53. The first-order valence-electron chi connectivity index (χ1n) is 8.90. The number of thioether (sulfide) groups is 1. The SMILES string of the molecule is Cc1nnc(S[C@@H](C)C(=O)c2ccc(NC(=O)C(C)C)cc2)n1C1CC1. The summed E-state index contributed by atoms with van der Waals surface area (Å²) in [7, 11) is 0. The van der Waals surface area contributed by atoms with Crippen molar-refractivity contribution >= 4 is 29.1 Å². The van der Waals surface area contributed by atoms with Gasteiger partial charge in [-0.1, -0.05) is 25.6 Å². The third kappa shape index (κ3) is 4.15. The molecule has 138 valence electrons. The monoisotopic (exact) mass is 372 g/mol. The highest BCUT2D eigenvalue weighted by Gasteiger charge is 2.30. The molecular formula is C19H24N4O2S. The first-order chi connectivity index (χ1) is 12.4. The summed E-state index contributed by atoms with van der Waals surface area (Å²) in [4.78, 5) is 24.5. The van der Waals surface area contributed by atoms with Gasteiger partial charge in [-0.2, -0.15) is 0 Å². The summed E-state index contributed by atoms with van der Waals surface area (Å²) in [5, 5.41) is 11.8. The van der Waals surface area contributed by atoms with Crippen LogP contribution in [0.2, 0.25) is 0 Å². The lowest BCUT2D eigenvalue weighted by Gasteiger charge is -2.12. The molecule has 0 bridgehead atoms. The maximum Gasteiger partial charge on any atom is 0.226 e. The largest absolute Gasteiger partial charge is 0.326 e. The lowest BCUT2D eigenvalue weighted by atomic mass is 10.1. The molecule has 2 aromatic rings. The van der Waals surface area contributed by atoms with Crippen LogP contribution >= 0.6 is 11.8 Å². The van der Waals surface area contributed by atoms with E-state index in [-0.39, 0.29) is 22.9 Å². The van der Waals surface area contributed by atoms with Crippen LogP contribution in [0.3, 0.4) is 0 Å². The molecule has 7 heteroatoms. The molecule has 0 saturated heterocycles. The van der Waals surface area contributed by atoms with E-state index in [1.54, 1.807) is 24.3 Å². The quantitative estimate of drug-likeness (QED) is 0.589. The number of nitrogens with zero attached hydrogens (tertiary/aromatic N) is 3. The molecule has 26 heavy (non-hydrogen) atoms. The Bertz CT molecular complexity index is 809. The number of carbonyl (C=O) groups is 2. The van der Waals surface area contributed by atoms with Crippen LogP contribution < -0.4 is 5.32 Å². The van der Waals surface area contributed by atoms with Crippen molar-refractivity contribution in [1.29, 1.82) is 0 Å². The van der Waals surface area contributed by atoms with Gasteiger partial charge in [-0.05, 0) is 51.0 Å². The Labute approximate surface area is 157 Å². The van der Waals surface area contributed by atoms with E-state index in [4.69, 9.17) is 0 Å². The molecule has 1 aromatic carbocycles. The first kappa shape index (κ1) is 18.6. The van der Waals surface area contributed by atoms with Crippen molar-refractivity contribution in [1.82, 2.24) is 14.8 Å². The molecule has 1 aliphatic carbocycles. The Kier molecular flexibility index (Phi) is 5.46. The summed E-state index contributed by atoms with van der Waals surface area (Å²) < 4.78 is 2.14. The minimum atomic E-state index is -0.257. The van der Waals surface area contributed by atoms with E-state index in [1.807, 2.05) is 27.7 Å². The predicted molar refractivity (Wildman–Crippen MR) is 103 cm³/mol. The number of ketones is 1. The highest BCUT2D eigenvalue weighted by atomic mass is 32.2. The van der Waals surface area contributed by atoms with Gasteiger partial charge < -0.3 is 9.88 Å². The van der Waals surface area contributed by atoms with Gasteiger partial charge in [0.15, 0.2) is 10.9 Å². The van der Waals surface area contributed by atoms with Crippen molar-refractivity contribution in [3.05, 3.63) is 35.7 Å². The minimum absolute atomic E-state index is 0.0391. The Hall–Kier alpha value is -2.15. The fourth-order valence-electron chi connectivity index (χ4n) is 2.63. The Morgan fingerprint density at radius 3 is 2.38 bits per heavy atom. The Morgan fingerprint density at radius 1 is 1.15 bits per heavy atom. The lowest BCUT2D eigenvalue weighted by Crippen LogP contribution is -2.18. The maximum absolute atomic E-state index is 12.7. The highest BCUT2D eigenvalue weighted by Crippen LogP contribution is 2.39. The van der Waals surface area contributed by atoms with Gasteiger partial charge in [0.2, 0.25) is 5.91 Å². The Balaban J connectivity index is 1.66. The van der Waals surface area contributed by atoms with E-state index in [9.17, 15) is 9.59 Å². The molecule has 1 aromatic heterocycles. The lowest BCUT2D eigenvalue weighted by molar-refractivity contribution is -0.118. The molecule has 1 amide bonds. The summed E-state index contributed by atoms with van der Waals surface area (Å²) in [6.07, 6.45) is 2.30. The van der Waals surface area contributed by atoms with Gasteiger partial charge in [0.1, 0.15) is 5.82 Å². The summed E-state index contributed by atoms with van der Waals surface area (Å²) >= 11 is 1.45. The number of amides is 1. The zero-order chi connectivity index (χ0) is 18.8. The van der Waals surface area contributed by atoms with Crippen molar-refractivity contribution in [3.8, 4) is 0 Å². The van der Waals surface area contributed by atoms with E-state index in [0.717, 1.165) is 23.8 Å². The molecular weight excluding hydrogens is 348 g/mol. The summed E-state index contributed by atoms with van der Waals surface area (Å²) in [5.41, 5.74) is 1.33. The number of hydrogen-bond acceptors (Lipinski definition) is 5. The summed E-state index contributed by atoms with van der Waals surface area (Å²) in [6, 6.07) is 7.53. The molecule has 3 rings (SSSR count). The van der Waals surface area contributed by atoms with E-state index < -0.39 is 0 Å². The summed E-state index contributed by atoms with van der Waals surface area (Å²) in [5.74, 6) is 0.822. The van der Waals surface area contributed by atoms with Crippen LogP contribution in [-0.4, -0.2) is 31.7 Å². The van der Waals surface area contributed by atoms with Crippen LogP contribution in [0.4, 0.5) is 5.69 Å². The van der Waals surface area contributed by atoms with Gasteiger partial charge in [-0.25, -0.2) is 0 Å². The molecule has 1 atom stereocenters.